The number of rotatable bonds is 3. The molecule has 0 atom stereocenters. The quantitative estimate of drug-likeness (QED) is 0.581. The van der Waals surface area contributed by atoms with E-state index in [0.29, 0.717) is 0 Å². The van der Waals surface area contributed by atoms with E-state index in [9.17, 15) is 0 Å². The van der Waals surface area contributed by atoms with Gasteiger partial charge in [0, 0.05) is 19.7 Å². The fraction of sp³-hybridized carbons (Fsp3) is 0.143. The fourth-order valence-electron chi connectivity index (χ4n) is 2.23. The monoisotopic (exact) mass is 296 g/mol. The predicted molar refractivity (Wildman–Crippen MR) is 80.1 cm³/mol. The van der Waals surface area contributed by atoms with Crippen molar-refractivity contribution in [2.24, 2.45) is 7.05 Å². The van der Waals surface area contributed by atoms with Crippen LogP contribution in [0.2, 0.25) is 0 Å². The van der Waals surface area contributed by atoms with Gasteiger partial charge in [0.05, 0.1) is 5.69 Å². The lowest BCUT2D eigenvalue weighted by molar-refractivity contribution is 0.770. The van der Waals surface area contributed by atoms with Crippen LogP contribution in [0.4, 0.5) is 0 Å². The molecule has 6 nitrogen and oxygen atoms in total. The molecule has 0 N–H and O–H groups in total. The average molecular weight is 296 g/mol. The first kappa shape index (κ1) is 12.2. The van der Waals surface area contributed by atoms with Gasteiger partial charge in [-0.15, -0.1) is 10.2 Å². The van der Waals surface area contributed by atoms with Crippen molar-refractivity contribution in [3.63, 3.8) is 0 Å². The van der Waals surface area contributed by atoms with Gasteiger partial charge in [-0.05, 0) is 11.6 Å². The number of hydrogen-bond acceptors (Lipinski definition) is 5. The van der Waals surface area contributed by atoms with Crippen molar-refractivity contribution in [2.75, 3.05) is 0 Å². The van der Waals surface area contributed by atoms with E-state index in [1.165, 1.54) is 16.9 Å². The van der Waals surface area contributed by atoms with Crippen LogP contribution in [-0.2, 0) is 13.5 Å². The van der Waals surface area contributed by atoms with E-state index in [-0.39, 0.29) is 0 Å². The molecule has 1 aromatic carbocycles. The van der Waals surface area contributed by atoms with E-state index in [4.69, 9.17) is 0 Å². The molecule has 0 unspecified atom stereocenters. The van der Waals surface area contributed by atoms with Gasteiger partial charge in [0.1, 0.15) is 0 Å². The maximum atomic E-state index is 4.62. The summed E-state index contributed by atoms with van der Waals surface area (Å²) in [6.45, 7) is 0. The molecule has 4 rings (SSSR count). The van der Waals surface area contributed by atoms with E-state index in [1.807, 2.05) is 40.5 Å². The lowest BCUT2D eigenvalue weighted by Gasteiger charge is -1.98. The Balaban J connectivity index is 1.75. The molecule has 3 heterocycles. The normalized spacial score (nSPS) is 11.3. The zero-order valence-electron chi connectivity index (χ0n) is 11.3. The molecule has 0 saturated carbocycles. The van der Waals surface area contributed by atoms with Crippen LogP contribution < -0.4 is 0 Å². The Morgan fingerprint density at radius 2 is 1.95 bits per heavy atom. The number of aryl methyl sites for hydroxylation is 1. The van der Waals surface area contributed by atoms with Gasteiger partial charge < -0.3 is 0 Å². The molecular formula is C14H12N6S. The SMILES string of the molecule is Cn1nccc1-c1nn2c(Cc3ccccc3)nnc2s1. The molecule has 104 valence electrons. The van der Waals surface area contributed by atoms with Crippen molar-refractivity contribution < 1.29 is 0 Å². The largest absolute Gasteiger partial charge is 0.265 e. The van der Waals surface area contributed by atoms with Gasteiger partial charge in [0.25, 0.3) is 0 Å². The lowest BCUT2D eigenvalue weighted by atomic mass is 10.1. The first-order valence-corrected chi connectivity index (χ1v) is 7.36. The molecule has 0 spiro atoms. The second-order valence-electron chi connectivity index (χ2n) is 4.72. The molecule has 3 aromatic heterocycles. The first-order valence-electron chi connectivity index (χ1n) is 6.55. The summed E-state index contributed by atoms with van der Waals surface area (Å²) in [5.41, 5.74) is 2.18. The minimum Gasteiger partial charge on any atom is -0.265 e. The van der Waals surface area contributed by atoms with Crippen molar-refractivity contribution in [1.82, 2.24) is 29.6 Å². The van der Waals surface area contributed by atoms with Gasteiger partial charge >= 0.3 is 0 Å². The topological polar surface area (TPSA) is 60.9 Å². The molecule has 0 radical (unpaired) electrons. The van der Waals surface area contributed by atoms with Gasteiger partial charge in [-0.3, -0.25) is 4.68 Å². The second-order valence-corrected chi connectivity index (χ2v) is 5.68. The Morgan fingerprint density at radius 1 is 1.10 bits per heavy atom. The third kappa shape index (κ3) is 2.11. The zero-order chi connectivity index (χ0) is 14.2. The summed E-state index contributed by atoms with van der Waals surface area (Å²) in [5, 5.41) is 18.1. The maximum Gasteiger partial charge on any atom is 0.235 e. The van der Waals surface area contributed by atoms with E-state index in [0.717, 1.165) is 27.9 Å². The molecular weight excluding hydrogens is 284 g/mol. The highest BCUT2D eigenvalue weighted by atomic mass is 32.1. The number of aromatic nitrogens is 6. The molecule has 4 aromatic rings. The summed E-state index contributed by atoms with van der Waals surface area (Å²) in [6, 6.07) is 12.2. The average Bonchev–Trinajstić information content (AvgIpc) is 3.17. The molecule has 0 saturated heterocycles. The summed E-state index contributed by atoms with van der Waals surface area (Å²) in [7, 11) is 1.91. The van der Waals surface area contributed by atoms with Gasteiger partial charge in [-0.25, -0.2) is 0 Å². The number of nitrogens with zero attached hydrogens (tertiary/aromatic N) is 6. The van der Waals surface area contributed by atoms with Crippen molar-refractivity contribution >= 4 is 16.3 Å². The molecule has 0 aliphatic carbocycles. The summed E-state index contributed by atoms with van der Waals surface area (Å²) >= 11 is 1.52. The first-order chi connectivity index (χ1) is 10.3. The minimum absolute atomic E-state index is 0.719. The Kier molecular flexibility index (Phi) is 2.78. The van der Waals surface area contributed by atoms with E-state index < -0.39 is 0 Å². The molecule has 0 aliphatic heterocycles. The summed E-state index contributed by atoms with van der Waals surface area (Å²) in [5.74, 6) is 0.848. The molecule has 21 heavy (non-hydrogen) atoms. The third-order valence-corrected chi connectivity index (χ3v) is 4.22. The van der Waals surface area contributed by atoms with Crippen LogP contribution in [0.25, 0.3) is 15.7 Å². The van der Waals surface area contributed by atoms with E-state index in [2.05, 4.69) is 32.5 Å². The molecule has 0 aliphatic rings. The van der Waals surface area contributed by atoms with Gasteiger partial charge in [0.2, 0.25) is 4.96 Å². The van der Waals surface area contributed by atoms with Crippen molar-refractivity contribution in [3.05, 3.63) is 54.0 Å². The number of fused-ring (bicyclic) bond motifs is 1. The second kappa shape index (κ2) is 4.78. The predicted octanol–water partition coefficient (Wildman–Crippen LogP) is 2.18. The highest BCUT2D eigenvalue weighted by molar-refractivity contribution is 7.19. The third-order valence-electron chi connectivity index (χ3n) is 3.30. The van der Waals surface area contributed by atoms with Crippen LogP contribution in [0.15, 0.2) is 42.6 Å². The fourth-order valence-corrected chi connectivity index (χ4v) is 3.15. The maximum absolute atomic E-state index is 4.62. The lowest BCUT2D eigenvalue weighted by Crippen LogP contribution is -1.98. The smallest absolute Gasteiger partial charge is 0.235 e. The van der Waals surface area contributed by atoms with E-state index in [1.54, 1.807) is 6.20 Å². The highest BCUT2D eigenvalue weighted by Crippen LogP contribution is 2.25. The van der Waals surface area contributed by atoms with Crippen LogP contribution >= 0.6 is 11.3 Å². The molecule has 7 heteroatoms. The molecule has 0 fully saturated rings. The van der Waals surface area contributed by atoms with Crippen LogP contribution in [0.5, 0.6) is 0 Å². The van der Waals surface area contributed by atoms with Crippen LogP contribution in [-0.4, -0.2) is 29.6 Å². The molecule has 0 amide bonds. The summed E-state index contributed by atoms with van der Waals surface area (Å²) in [6.07, 6.45) is 2.49. The Morgan fingerprint density at radius 3 is 2.71 bits per heavy atom. The Bertz CT molecular complexity index is 889. The Labute approximate surface area is 124 Å². The van der Waals surface area contributed by atoms with Crippen molar-refractivity contribution in [2.45, 2.75) is 6.42 Å². The standard InChI is InChI=1S/C14H12N6S/c1-19-11(7-8-15-19)13-18-20-12(16-17-14(20)21-13)9-10-5-3-2-4-6-10/h2-8H,9H2,1H3. The highest BCUT2D eigenvalue weighted by Gasteiger charge is 2.14. The molecule has 0 bridgehead atoms. The van der Waals surface area contributed by atoms with Gasteiger partial charge in [-0.1, -0.05) is 41.7 Å². The zero-order valence-corrected chi connectivity index (χ0v) is 12.2. The van der Waals surface area contributed by atoms with Crippen molar-refractivity contribution in [3.8, 4) is 10.7 Å². The Hall–Kier alpha value is -2.54. The summed E-state index contributed by atoms with van der Waals surface area (Å²) < 4.78 is 3.63. The van der Waals surface area contributed by atoms with Crippen LogP contribution in [0, 0.1) is 0 Å². The minimum atomic E-state index is 0.719. The summed E-state index contributed by atoms with van der Waals surface area (Å²) in [4.78, 5) is 0.803. The number of benzene rings is 1. The van der Waals surface area contributed by atoms with E-state index >= 15 is 0 Å². The van der Waals surface area contributed by atoms with Crippen molar-refractivity contribution in [1.29, 1.82) is 0 Å². The number of hydrogen-bond donors (Lipinski definition) is 0. The van der Waals surface area contributed by atoms with Gasteiger partial charge in [-0.2, -0.15) is 14.7 Å². The van der Waals surface area contributed by atoms with Gasteiger partial charge in [0.15, 0.2) is 10.8 Å². The van der Waals surface area contributed by atoms with Crippen LogP contribution in [0.1, 0.15) is 11.4 Å². The van der Waals surface area contributed by atoms with Crippen LogP contribution in [0.3, 0.4) is 0 Å².